The lowest BCUT2D eigenvalue weighted by molar-refractivity contribution is 0.252. The maximum absolute atomic E-state index is 13.7. The Morgan fingerprint density at radius 2 is 1.97 bits per heavy atom. The fraction of sp³-hybridized carbons (Fsp3) is 0.227. The number of nitrogens with one attached hydrogen (secondary N) is 1. The minimum atomic E-state index is -0.210. The Hall–Kier alpha value is -3.92. The number of nitrogen functional groups attached to an aromatic ring is 1. The van der Waals surface area contributed by atoms with Crippen molar-refractivity contribution in [1.29, 1.82) is 0 Å². The maximum atomic E-state index is 13.7. The Bertz CT molecular complexity index is 1620. The van der Waals surface area contributed by atoms with Crippen molar-refractivity contribution >= 4 is 40.0 Å². The summed E-state index contributed by atoms with van der Waals surface area (Å²) in [6.45, 7) is 0.789. The van der Waals surface area contributed by atoms with E-state index in [1.807, 2.05) is 30.3 Å². The Morgan fingerprint density at radius 1 is 1.15 bits per heavy atom. The standard InChI is InChI=1S/C22H18ClN9O/c23-13-6-9-31-15(13)20(33)32(12-4-2-1-3-5-12)19(29-31)16-22(7-8-22)10-30(16)18-14-17(26-11-25-14)27-21(24)28-18/h1-6,9,11,16H,7-8,10H2,(H3,24,25,26,27,28)/t16-/m1/s1. The number of H-pyrrole nitrogens is 1. The normalized spacial score (nSPS) is 18.8. The molecule has 1 spiro atoms. The molecule has 1 aliphatic heterocycles. The molecule has 2 fully saturated rings. The number of halogens is 1. The summed E-state index contributed by atoms with van der Waals surface area (Å²) < 4.78 is 3.25. The third-order valence-electron chi connectivity index (χ3n) is 6.75. The fourth-order valence-corrected chi connectivity index (χ4v) is 5.25. The van der Waals surface area contributed by atoms with Crippen LogP contribution in [0.2, 0.25) is 5.02 Å². The molecule has 0 bridgehead atoms. The van der Waals surface area contributed by atoms with E-state index in [1.54, 1.807) is 27.7 Å². The Balaban J connectivity index is 1.50. The molecule has 1 aliphatic carbocycles. The van der Waals surface area contributed by atoms with Crippen molar-refractivity contribution in [2.75, 3.05) is 17.2 Å². The maximum Gasteiger partial charge on any atom is 0.284 e. The average Bonchev–Trinajstić information content (AvgIpc) is 3.33. The second kappa shape index (κ2) is 6.32. The highest BCUT2D eigenvalue weighted by molar-refractivity contribution is 6.33. The van der Waals surface area contributed by atoms with E-state index in [4.69, 9.17) is 22.4 Å². The highest BCUT2D eigenvalue weighted by Gasteiger charge is 2.63. The number of nitrogens with zero attached hydrogens (tertiary/aromatic N) is 7. The van der Waals surface area contributed by atoms with Crippen LogP contribution in [-0.4, -0.2) is 40.7 Å². The first-order chi connectivity index (χ1) is 16.1. The zero-order valence-corrected chi connectivity index (χ0v) is 18.1. The molecule has 5 heterocycles. The lowest BCUT2D eigenvalue weighted by Crippen LogP contribution is -2.54. The number of hydrogen-bond acceptors (Lipinski definition) is 7. The molecular weight excluding hydrogens is 442 g/mol. The molecule has 2 aliphatic rings. The Morgan fingerprint density at radius 3 is 2.76 bits per heavy atom. The molecule has 0 amide bonds. The highest BCUT2D eigenvalue weighted by Crippen LogP contribution is 2.65. The van der Waals surface area contributed by atoms with Gasteiger partial charge in [0.15, 0.2) is 17.3 Å². The Kier molecular flexibility index (Phi) is 3.57. The van der Waals surface area contributed by atoms with E-state index < -0.39 is 0 Å². The molecule has 0 radical (unpaired) electrons. The van der Waals surface area contributed by atoms with Crippen LogP contribution in [0.25, 0.3) is 22.4 Å². The van der Waals surface area contributed by atoms with Crippen LogP contribution < -0.4 is 16.2 Å². The van der Waals surface area contributed by atoms with E-state index in [0.29, 0.717) is 33.3 Å². The number of aromatic nitrogens is 7. The molecule has 7 rings (SSSR count). The van der Waals surface area contributed by atoms with Gasteiger partial charge in [-0.3, -0.25) is 9.36 Å². The number of anilines is 2. The van der Waals surface area contributed by atoms with Crippen molar-refractivity contribution < 1.29 is 0 Å². The lowest BCUT2D eigenvalue weighted by atomic mass is 9.84. The average molecular weight is 460 g/mol. The summed E-state index contributed by atoms with van der Waals surface area (Å²) in [7, 11) is 0. The number of hydrogen-bond donors (Lipinski definition) is 2. The van der Waals surface area contributed by atoms with Crippen LogP contribution in [0.5, 0.6) is 0 Å². The summed E-state index contributed by atoms with van der Waals surface area (Å²) in [5.41, 5.74) is 8.13. The molecule has 5 aromatic rings. The van der Waals surface area contributed by atoms with Gasteiger partial charge in [-0.2, -0.15) is 15.1 Å². The summed E-state index contributed by atoms with van der Waals surface area (Å²) in [4.78, 5) is 32.0. The Labute approximate surface area is 191 Å². The monoisotopic (exact) mass is 459 g/mol. The van der Waals surface area contributed by atoms with Crippen molar-refractivity contribution in [3.8, 4) is 5.69 Å². The molecular formula is C22H18ClN9O. The number of aromatic amines is 1. The smallest absolute Gasteiger partial charge is 0.284 e. The van der Waals surface area contributed by atoms with Crippen molar-refractivity contribution in [1.82, 2.24) is 34.1 Å². The van der Waals surface area contributed by atoms with Gasteiger partial charge in [-0.05, 0) is 31.0 Å². The second-order valence-electron chi connectivity index (χ2n) is 8.69. The van der Waals surface area contributed by atoms with Crippen LogP contribution in [0, 0.1) is 5.41 Å². The quantitative estimate of drug-likeness (QED) is 0.425. The van der Waals surface area contributed by atoms with E-state index in [2.05, 4.69) is 24.8 Å². The van der Waals surface area contributed by atoms with Crippen LogP contribution in [0.3, 0.4) is 0 Å². The van der Waals surface area contributed by atoms with Gasteiger partial charge in [0.1, 0.15) is 11.0 Å². The molecule has 164 valence electrons. The number of imidazole rings is 1. The molecule has 1 saturated heterocycles. The van der Waals surface area contributed by atoms with Gasteiger partial charge in [0, 0.05) is 18.2 Å². The van der Waals surface area contributed by atoms with Gasteiger partial charge in [-0.25, -0.2) is 9.50 Å². The summed E-state index contributed by atoms with van der Waals surface area (Å²) in [6.07, 6.45) is 5.40. The van der Waals surface area contributed by atoms with Crippen LogP contribution >= 0.6 is 11.6 Å². The number of benzene rings is 1. The summed E-state index contributed by atoms with van der Waals surface area (Å²) in [5, 5.41) is 5.28. The van der Waals surface area contributed by atoms with Crippen LogP contribution in [0.15, 0.2) is 53.7 Å². The van der Waals surface area contributed by atoms with Crippen LogP contribution in [0.1, 0.15) is 24.7 Å². The SMILES string of the molecule is Nc1nc(N2CC3(CC3)[C@H]2c2nn3ccc(Cl)c3c(=O)n2-c2ccccc2)c2[nH]cnc2n1. The van der Waals surface area contributed by atoms with Gasteiger partial charge in [-0.1, -0.05) is 29.8 Å². The molecule has 1 atom stereocenters. The summed E-state index contributed by atoms with van der Waals surface area (Å²) in [6, 6.07) is 11.0. The molecule has 33 heavy (non-hydrogen) atoms. The van der Waals surface area contributed by atoms with E-state index >= 15 is 0 Å². The molecule has 1 aromatic carbocycles. The zero-order valence-electron chi connectivity index (χ0n) is 17.3. The molecule has 3 N–H and O–H groups in total. The number of rotatable bonds is 3. The minimum absolute atomic E-state index is 0.0344. The fourth-order valence-electron chi connectivity index (χ4n) is 5.03. The first kappa shape index (κ1) is 18.6. The molecule has 1 saturated carbocycles. The molecule has 11 heteroatoms. The topological polar surface area (TPSA) is 123 Å². The van der Waals surface area contributed by atoms with Crippen molar-refractivity contribution in [2.45, 2.75) is 18.9 Å². The third-order valence-corrected chi connectivity index (χ3v) is 7.05. The first-order valence-electron chi connectivity index (χ1n) is 10.6. The summed E-state index contributed by atoms with van der Waals surface area (Å²) in [5.74, 6) is 1.46. The van der Waals surface area contributed by atoms with Gasteiger partial charge in [0.25, 0.3) is 5.56 Å². The van der Waals surface area contributed by atoms with Gasteiger partial charge in [0.05, 0.1) is 23.1 Å². The van der Waals surface area contributed by atoms with E-state index in [9.17, 15) is 4.79 Å². The molecule has 4 aromatic heterocycles. The van der Waals surface area contributed by atoms with E-state index in [1.165, 1.54) is 0 Å². The van der Waals surface area contributed by atoms with Gasteiger partial charge in [-0.15, -0.1) is 0 Å². The van der Waals surface area contributed by atoms with E-state index in [-0.39, 0.29) is 23.0 Å². The number of nitrogens with two attached hydrogens (primary N) is 1. The predicted octanol–water partition coefficient (Wildman–Crippen LogP) is 2.73. The number of fused-ring (bicyclic) bond motifs is 2. The van der Waals surface area contributed by atoms with Crippen LogP contribution in [-0.2, 0) is 0 Å². The van der Waals surface area contributed by atoms with E-state index in [0.717, 1.165) is 25.1 Å². The zero-order chi connectivity index (χ0) is 22.3. The van der Waals surface area contributed by atoms with Crippen LogP contribution in [0.4, 0.5) is 11.8 Å². The van der Waals surface area contributed by atoms with Crippen molar-refractivity contribution in [3.63, 3.8) is 0 Å². The third kappa shape index (κ3) is 2.52. The predicted molar refractivity (Wildman–Crippen MR) is 124 cm³/mol. The first-order valence-corrected chi connectivity index (χ1v) is 11.0. The highest BCUT2D eigenvalue weighted by atomic mass is 35.5. The van der Waals surface area contributed by atoms with Crippen molar-refractivity contribution in [2.24, 2.45) is 5.41 Å². The summed E-state index contributed by atoms with van der Waals surface area (Å²) >= 11 is 6.35. The molecule has 10 nitrogen and oxygen atoms in total. The largest absolute Gasteiger partial charge is 0.368 e. The lowest BCUT2D eigenvalue weighted by Gasteiger charge is -2.49. The van der Waals surface area contributed by atoms with Gasteiger partial charge in [0.2, 0.25) is 5.95 Å². The van der Waals surface area contributed by atoms with Gasteiger partial charge < -0.3 is 15.6 Å². The van der Waals surface area contributed by atoms with Crippen molar-refractivity contribution in [3.05, 3.63) is 70.1 Å². The number of para-hydroxylation sites is 1. The second-order valence-corrected chi connectivity index (χ2v) is 9.10. The molecule has 0 unspecified atom stereocenters. The minimum Gasteiger partial charge on any atom is -0.368 e. The van der Waals surface area contributed by atoms with Gasteiger partial charge >= 0.3 is 0 Å².